The molecule has 0 atom stereocenters. The predicted octanol–water partition coefficient (Wildman–Crippen LogP) is 4.04. The third-order valence-electron chi connectivity index (χ3n) is 3.57. The maximum Gasteiger partial charge on any atom is 0.167 e. The second-order valence-corrected chi connectivity index (χ2v) is 4.92. The highest BCUT2D eigenvalue weighted by Crippen LogP contribution is 2.24. The zero-order chi connectivity index (χ0) is 15.0. The van der Waals surface area contributed by atoms with Crippen molar-refractivity contribution in [2.24, 2.45) is 0 Å². The summed E-state index contributed by atoms with van der Waals surface area (Å²) >= 11 is 0. The number of pyridine rings is 1. The average Bonchev–Trinajstić information content (AvgIpc) is 2.74. The molecule has 0 saturated carbocycles. The Morgan fingerprint density at radius 1 is 1.19 bits per heavy atom. The van der Waals surface area contributed by atoms with Gasteiger partial charge in [-0.05, 0) is 37.6 Å². The Hall–Kier alpha value is -2.43. The van der Waals surface area contributed by atoms with Crippen molar-refractivity contribution in [1.29, 1.82) is 0 Å². The molecule has 0 aliphatic heterocycles. The number of fused-ring (bicyclic) bond motifs is 1. The second-order valence-electron chi connectivity index (χ2n) is 4.92. The van der Waals surface area contributed by atoms with Crippen LogP contribution in [0.4, 0.5) is 8.78 Å². The first-order valence-corrected chi connectivity index (χ1v) is 6.57. The van der Waals surface area contributed by atoms with Gasteiger partial charge in [-0.1, -0.05) is 0 Å². The van der Waals surface area contributed by atoms with Crippen molar-refractivity contribution in [3.05, 3.63) is 59.0 Å². The van der Waals surface area contributed by atoms with Crippen LogP contribution in [0.1, 0.15) is 17.0 Å². The number of nitrogens with zero attached hydrogens (tertiary/aromatic N) is 1. The third-order valence-corrected chi connectivity index (χ3v) is 3.57. The maximum atomic E-state index is 13.5. The fourth-order valence-corrected chi connectivity index (χ4v) is 2.29. The molecule has 3 rings (SSSR count). The van der Waals surface area contributed by atoms with Gasteiger partial charge in [-0.3, -0.25) is 4.98 Å². The van der Waals surface area contributed by atoms with Crippen LogP contribution in [-0.2, 0) is 6.61 Å². The lowest BCUT2D eigenvalue weighted by atomic mass is 10.2. The summed E-state index contributed by atoms with van der Waals surface area (Å²) in [7, 11) is 0. The molecule has 3 aromatic rings. The lowest BCUT2D eigenvalue weighted by molar-refractivity contribution is 0.286. The summed E-state index contributed by atoms with van der Waals surface area (Å²) in [4.78, 5) is 7.53. The first-order valence-electron chi connectivity index (χ1n) is 6.57. The lowest BCUT2D eigenvalue weighted by Gasteiger charge is -2.07. The van der Waals surface area contributed by atoms with E-state index in [0.717, 1.165) is 34.3 Å². The number of aromatic amines is 1. The van der Waals surface area contributed by atoms with Crippen LogP contribution in [0.5, 0.6) is 5.75 Å². The number of benzene rings is 1. The quantitative estimate of drug-likeness (QED) is 0.790. The van der Waals surface area contributed by atoms with Crippen molar-refractivity contribution in [1.82, 2.24) is 9.97 Å². The molecule has 0 amide bonds. The molecule has 3 nitrogen and oxygen atoms in total. The number of rotatable bonds is 3. The van der Waals surface area contributed by atoms with Crippen LogP contribution in [0.2, 0.25) is 0 Å². The fraction of sp³-hybridized carbons (Fsp3) is 0.188. The van der Waals surface area contributed by atoms with E-state index in [1.165, 1.54) is 6.07 Å². The minimum atomic E-state index is -0.721. The molecule has 0 aliphatic rings. The Morgan fingerprint density at radius 2 is 2.00 bits per heavy atom. The van der Waals surface area contributed by atoms with Crippen molar-refractivity contribution in [2.45, 2.75) is 20.5 Å². The molecule has 0 radical (unpaired) electrons. The number of aryl methyl sites for hydroxylation is 2. The summed E-state index contributed by atoms with van der Waals surface area (Å²) < 4.78 is 31.8. The van der Waals surface area contributed by atoms with Crippen LogP contribution in [0.25, 0.3) is 10.9 Å². The highest BCUT2D eigenvalue weighted by atomic mass is 19.1. The first-order chi connectivity index (χ1) is 10.1. The van der Waals surface area contributed by atoms with Gasteiger partial charge in [0, 0.05) is 23.3 Å². The number of hydrogen-bond acceptors (Lipinski definition) is 2. The van der Waals surface area contributed by atoms with Gasteiger partial charge in [-0.2, -0.15) is 0 Å². The molecule has 5 heteroatoms. The molecular weight excluding hydrogens is 274 g/mol. The second kappa shape index (κ2) is 5.16. The highest BCUT2D eigenvalue weighted by Gasteiger charge is 2.11. The molecule has 0 aliphatic carbocycles. The molecule has 0 spiro atoms. The zero-order valence-electron chi connectivity index (χ0n) is 11.7. The summed E-state index contributed by atoms with van der Waals surface area (Å²) in [6, 6.07) is 5.16. The van der Waals surface area contributed by atoms with E-state index < -0.39 is 11.6 Å². The molecule has 2 aromatic heterocycles. The van der Waals surface area contributed by atoms with E-state index in [2.05, 4.69) is 9.97 Å². The predicted molar refractivity (Wildman–Crippen MR) is 76.3 cm³/mol. The molecule has 1 N–H and O–H groups in total. The lowest BCUT2D eigenvalue weighted by Crippen LogP contribution is -2.01. The van der Waals surface area contributed by atoms with Gasteiger partial charge in [0.1, 0.15) is 18.1 Å². The molecule has 1 aromatic carbocycles. The number of aromatic nitrogens is 2. The number of halogens is 2. The largest absolute Gasteiger partial charge is 0.484 e. The first kappa shape index (κ1) is 13.5. The molecule has 21 heavy (non-hydrogen) atoms. The molecule has 0 saturated heterocycles. The fourth-order valence-electron chi connectivity index (χ4n) is 2.29. The van der Waals surface area contributed by atoms with Gasteiger partial charge in [0.2, 0.25) is 0 Å². The molecule has 0 bridgehead atoms. The maximum absolute atomic E-state index is 13.5. The summed E-state index contributed by atoms with van der Waals surface area (Å²) in [5, 5.41) is 1.07. The van der Waals surface area contributed by atoms with Crippen molar-refractivity contribution >= 4 is 10.9 Å². The molecule has 2 heterocycles. The molecule has 0 fully saturated rings. The smallest absolute Gasteiger partial charge is 0.167 e. The molecule has 108 valence electrons. The summed E-state index contributed by atoms with van der Waals surface area (Å²) in [5.41, 5.74) is 3.79. The van der Waals surface area contributed by atoms with Gasteiger partial charge >= 0.3 is 0 Å². The third kappa shape index (κ3) is 2.46. The minimum Gasteiger partial charge on any atom is -0.484 e. The van der Waals surface area contributed by atoms with Gasteiger partial charge in [0.15, 0.2) is 11.6 Å². The van der Waals surface area contributed by atoms with E-state index in [0.29, 0.717) is 5.69 Å². The van der Waals surface area contributed by atoms with E-state index in [-0.39, 0.29) is 12.4 Å². The number of hydrogen-bond donors (Lipinski definition) is 1. The number of nitrogens with one attached hydrogen (secondary N) is 1. The van der Waals surface area contributed by atoms with E-state index in [4.69, 9.17) is 4.74 Å². The van der Waals surface area contributed by atoms with Gasteiger partial charge in [-0.15, -0.1) is 0 Å². The summed E-state index contributed by atoms with van der Waals surface area (Å²) in [6.07, 6.45) is 1.70. The highest BCUT2D eigenvalue weighted by molar-refractivity contribution is 5.85. The van der Waals surface area contributed by atoms with Crippen LogP contribution >= 0.6 is 0 Å². The Balaban J connectivity index is 1.90. The summed E-state index contributed by atoms with van der Waals surface area (Å²) in [5.74, 6) is -1.34. The van der Waals surface area contributed by atoms with Gasteiger partial charge in [-0.25, -0.2) is 8.78 Å². The topological polar surface area (TPSA) is 37.9 Å². The average molecular weight is 288 g/mol. The van der Waals surface area contributed by atoms with Gasteiger partial charge < -0.3 is 9.72 Å². The van der Waals surface area contributed by atoms with Crippen LogP contribution in [0.15, 0.2) is 30.5 Å². The van der Waals surface area contributed by atoms with E-state index in [9.17, 15) is 8.78 Å². The number of ether oxygens (including phenoxy) is 1. The number of H-pyrrole nitrogens is 1. The Labute approximate surface area is 120 Å². The Morgan fingerprint density at radius 3 is 2.76 bits per heavy atom. The van der Waals surface area contributed by atoms with E-state index in [1.54, 1.807) is 6.20 Å². The SMILES string of the molecule is Cc1[nH]c2c(COc3ccc(F)cc3F)nccc2c1C. The van der Waals surface area contributed by atoms with Gasteiger partial charge in [0.05, 0.1) is 5.52 Å². The van der Waals surface area contributed by atoms with Crippen molar-refractivity contribution < 1.29 is 13.5 Å². The van der Waals surface area contributed by atoms with Crippen LogP contribution in [0, 0.1) is 25.5 Å². The monoisotopic (exact) mass is 288 g/mol. The molecular formula is C16H14F2N2O. The van der Waals surface area contributed by atoms with E-state index in [1.807, 2.05) is 19.9 Å². The Kier molecular flexibility index (Phi) is 3.33. The van der Waals surface area contributed by atoms with Gasteiger partial charge in [0.25, 0.3) is 0 Å². The van der Waals surface area contributed by atoms with Crippen molar-refractivity contribution in [3.8, 4) is 5.75 Å². The zero-order valence-corrected chi connectivity index (χ0v) is 11.7. The normalized spacial score (nSPS) is 11.0. The minimum absolute atomic E-state index is 0.00945. The van der Waals surface area contributed by atoms with Crippen LogP contribution < -0.4 is 4.74 Å². The standard InChI is InChI=1S/C16H14F2N2O/c1-9-10(2)20-16-12(9)5-6-19-14(16)8-21-15-4-3-11(17)7-13(15)18/h3-7,20H,8H2,1-2H3. The van der Waals surface area contributed by atoms with Crippen molar-refractivity contribution in [2.75, 3.05) is 0 Å². The van der Waals surface area contributed by atoms with Crippen LogP contribution in [0.3, 0.4) is 0 Å². The van der Waals surface area contributed by atoms with Crippen LogP contribution in [-0.4, -0.2) is 9.97 Å². The van der Waals surface area contributed by atoms with Crippen molar-refractivity contribution in [3.63, 3.8) is 0 Å². The van der Waals surface area contributed by atoms with E-state index >= 15 is 0 Å². The summed E-state index contributed by atoms with van der Waals surface area (Å²) in [6.45, 7) is 4.12. The molecule has 0 unspecified atom stereocenters. The Bertz CT molecular complexity index is 811.